The van der Waals surface area contributed by atoms with Crippen molar-refractivity contribution in [2.75, 3.05) is 18.1 Å². The minimum Gasteiger partial charge on any atom is -0.396 e. The van der Waals surface area contributed by atoms with Crippen molar-refractivity contribution in [1.29, 1.82) is 0 Å². The first-order valence-corrected chi connectivity index (χ1v) is 13.8. The third-order valence-corrected chi connectivity index (χ3v) is 8.72. The molecule has 27 heavy (non-hydrogen) atoms. The van der Waals surface area contributed by atoms with Gasteiger partial charge in [0.25, 0.3) is 0 Å². The first-order chi connectivity index (χ1) is 13.2. The van der Waals surface area contributed by atoms with Crippen molar-refractivity contribution in [3.63, 3.8) is 0 Å². The predicted molar refractivity (Wildman–Crippen MR) is 125 cm³/mol. The predicted octanol–water partition coefficient (Wildman–Crippen LogP) is 6.63. The largest absolute Gasteiger partial charge is 0.396 e. The monoisotopic (exact) mass is 403 g/mol. The van der Waals surface area contributed by atoms with Crippen LogP contribution in [0.5, 0.6) is 0 Å². The van der Waals surface area contributed by atoms with E-state index < -0.39 is 0 Å². The molecule has 0 aliphatic carbocycles. The molecule has 0 aliphatic rings. The third-order valence-electron chi connectivity index (χ3n) is 5.73. The van der Waals surface area contributed by atoms with Gasteiger partial charge in [0.2, 0.25) is 0 Å². The Labute approximate surface area is 174 Å². The number of hydrogen-bond acceptors (Lipinski definition) is 2. The van der Waals surface area contributed by atoms with Crippen LogP contribution in [0.4, 0.5) is 0 Å². The van der Waals surface area contributed by atoms with Crippen LogP contribution >= 0.6 is 0 Å². The van der Waals surface area contributed by atoms with Crippen LogP contribution < -0.4 is 0 Å². The summed E-state index contributed by atoms with van der Waals surface area (Å²) in [5.74, 6) is 2.33. The van der Waals surface area contributed by atoms with Crippen LogP contribution in [0.2, 0.25) is 0 Å². The third kappa shape index (κ3) is 16.9. The second kappa shape index (κ2) is 21.0. The van der Waals surface area contributed by atoms with Crippen molar-refractivity contribution in [1.82, 2.24) is 0 Å². The van der Waals surface area contributed by atoms with Crippen molar-refractivity contribution in [3.8, 4) is 0 Å². The average Bonchev–Trinajstić information content (AvgIpc) is 2.69. The zero-order valence-corrected chi connectivity index (χ0v) is 19.7. The molecule has 0 radical (unpaired) electrons. The van der Waals surface area contributed by atoms with Gasteiger partial charge in [-0.15, -0.1) is 0 Å². The Bertz CT molecular complexity index is 286. The van der Waals surface area contributed by atoms with Gasteiger partial charge in [-0.1, -0.05) is 78.6 Å². The second-order valence-electron chi connectivity index (χ2n) is 8.25. The molecule has 0 aromatic heterocycles. The lowest BCUT2D eigenvalue weighted by molar-refractivity contribution is 0.167. The van der Waals surface area contributed by atoms with E-state index in [2.05, 4.69) is 20.8 Å². The van der Waals surface area contributed by atoms with Crippen LogP contribution in [0.3, 0.4) is 0 Å². The molecule has 2 N–H and O–H groups in total. The maximum Gasteiger partial charge on any atom is 0.118 e. The van der Waals surface area contributed by atoms with E-state index in [1.165, 1.54) is 95.0 Å². The molecule has 0 aromatic rings. The smallest absolute Gasteiger partial charge is 0.118 e. The van der Waals surface area contributed by atoms with E-state index in [1.807, 2.05) is 0 Å². The highest BCUT2D eigenvalue weighted by Gasteiger charge is 2.29. The van der Waals surface area contributed by atoms with Gasteiger partial charge in [0.1, 0.15) is 16.8 Å². The zero-order chi connectivity index (χ0) is 20.2. The van der Waals surface area contributed by atoms with E-state index in [1.54, 1.807) is 0 Å². The molecule has 3 atom stereocenters. The minimum atomic E-state index is -0.131. The van der Waals surface area contributed by atoms with Gasteiger partial charge < -0.3 is 10.2 Å². The first-order valence-electron chi connectivity index (χ1n) is 12.1. The lowest BCUT2D eigenvalue weighted by Gasteiger charge is -2.21. The summed E-state index contributed by atoms with van der Waals surface area (Å²) in [6.45, 7) is 6.97. The molecule has 0 saturated heterocycles. The Morgan fingerprint density at radius 3 is 1.74 bits per heavy atom. The first kappa shape index (κ1) is 27.3. The van der Waals surface area contributed by atoms with Gasteiger partial charge in [0.15, 0.2) is 0 Å². The Morgan fingerprint density at radius 2 is 1.19 bits per heavy atom. The fourth-order valence-electron chi connectivity index (χ4n) is 3.77. The number of unbranched alkanes of at least 4 members (excludes halogenated alkanes) is 9. The summed E-state index contributed by atoms with van der Waals surface area (Å²) in [4.78, 5) is 0. The van der Waals surface area contributed by atoms with Crippen molar-refractivity contribution in [2.24, 2.45) is 0 Å². The molecule has 3 unspecified atom stereocenters. The van der Waals surface area contributed by atoms with Gasteiger partial charge in [-0.25, -0.2) is 0 Å². The highest BCUT2D eigenvalue weighted by atomic mass is 32.2. The van der Waals surface area contributed by atoms with Gasteiger partial charge >= 0.3 is 0 Å². The summed E-state index contributed by atoms with van der Waals surface area (Å²) in [5, 5.41) is 20.1. The van der Waals surface area contributed by atoms with Crippen molar-refractivity contribution < 1.29 is 10.2 Å². The molecule has 0 fully saturated rings. The maximum absolute atomic E-state index is 10.00. The normalized spacial score (nSPS) is 15.0. The summed E-state index contributed by atoms with van der Waals surface area (Å²) in [6, 6.07) is 0. The summed E-state index contributed by atoms with van der Waals surface area (Å²) in [5.41, 5.74) is 0. The zero-order valence-electron chi connectivity index (χ0n) is 18.9. The molecule has 0 rings (SSSR count). The van der Waals surface area contributed by atoms with Crippen molar-refractivity contribution in [2.45, 2.75) is 135 Å². The van der Waals surface area contributed by atoms with E-state index >= 15 is 0 Å². The molecule has 0 heterocycles. The Balaban J connectivity index is 4.23. The number of hydrogen-bond donors (Lipinski definition) is 2. The van der Waals surface area contributed by atoms with Crippen molar-refractivity contribution in [3.05, 3.63) is 0 Å². The lowest BCUT2D eigenvalue weighted by atomic mass is 10.0. The lowest BCUT2D eigenvalue weighted by Crippen LogP contribution is -2.30. The Hall–Kier alpha value is 0.270. The van der Waals surface area contributed by atoms with Gasteiger partial charge in [0, 0.05) is 19.4 Å². The molecular weight excluding hydrogens is 352 g/mol. The van der Waals surface area contributed by atoms with E-state index in [0.717, 1.165) is 24.5 Å². The average molecular weight is 404 g/mol. The van der Waals surface area contributed by atoms with Crippen LogP contribution in [0.25, 0.3) is 0 Å². The molecule has 0 amide bonds. The molecule has 0 aromatic carbocycles. The number of aliphatic hydroxyl groups excluding tert-OH is 2. The molecule has 0 saturated carbocycles. The molecule has 0 aliphatic heterocycles. The van der Waals surface area contributed by atoms with Crippen molar-refractivity contribution >= 4 is 10.9 Å². The highest BCUT2D eigenvalue weighted by molar-refractivity contribution is 7.97. The summed E-state index contributed by atoms with van der Waals surface area (Å²) in [6.07, 6.45) is 20.6. The van der Waals surface area contributed by atoms with Gasteiger partial charge in [-0.2, -0.15) is 0 Å². The quantitative estimate of drug-likeness (QED) is 0.167. The van der Waals surface area contributed by atoms with Crippen LogP contribution in [-0.2, 0) is 10.9 Å². The molecule has 2 nitrogen and oxygen atoms in total. The SMILES string of the molecule is CCCCCCCCCCCC(CCCC)[S+](CCCO)CCC(O)CC. The fraction of sp³-hybridized carbons (Fsp3) is 1.00. The molecule has 0 bridgehead atoms. The number of rotatable bonds is 21. The summed E-state index contributed by atoms with van der Waals surface area (Å²) >= 11 is 0. The molecular formula is C24H51O2S+. The number of aliphatic hydroxyl groups is 2. The van der Waals surface area contributed by atoms with Crippen LogP contribution in [0.1, 0.15) is 124 Å². The molecule has 164 valence electrons. The van der Waals surface area contributed by atoms with Gasteiger partial charge in [-0.3, -0.25) is 0 Å². The maximum atomic E-state index is 10.00. The van der Waals surface area contributed by atoms with Gasteiger partial charge in [0.05, 0.1) is 6.10 Å². The van der Waals surface area contributed by atoms with E-state index in [9.17, 15) is 10.2 Å². The molecule has 0 spiro atoms. The minimum absolute atomic E-state index is 0.131. The highest BCUT2D eigenvalue weighted by Crippen LogP contribution is 2.23. The van der Waals surface area contributed by atoms with Crippen LogP contribution in [0.15, 0.2) is 0 Å². The van der Waals surface area contributed by atoms with E-state index in [4.69, 9.17) is 0 Å². The second-order valence-corrected chi connectivity index (χ2v) is 10.8. The standard InChI is InChI=1S/C24H51O2S/c1-4-7-9-10-11-12-13-14-15-18-24(17-8-5-2)27(21-16-20-25)22-19-23(26)6-3/h23-26H,4-22H2,1-3H3/q+1. The van der Waals surface area contributed by atoms with Crippen LogP contribution in [0, 0.1) is 0 Å². The Morgan fingerprint density at radius 1 is 0.630 bits per heavy atom. The van der Waals surface area contributed by atoms with E-state index in [-0.39, 0.29) is 6.10 Å². The van der Waals surface area contributed by atoms with Crippen LogP contribution in [-0.4, -0.2) is 39.7 Å². The topological polar surface area (TPSA) is 40.5 Å². The van der Waals surface area contributed by atoms with Gasteiger partial charge in [-0.05, 0) is 43.0 Å². The van der Waals surface area contributed by atoms with E-state index in [0.29, 0.717) is 17.5 Å². The molecule has 3 heteroatoms. The Kier molecular flexibility index (Phi) is 21.2. The summed E-state index contributed by atoms with van der Waals surface area (Å²) < 4.78 is 0. The summed E-state index contributed by atoms with van der Waals surface area (Å²) in [7, 11) is 0.382. The fourth-order valence-corrected chi connectivity index (χ4v) is 6.71.